The Morgan fingerprint density at radius 1 is 1.28 bits per heavy atom. The summed E-state index contributed by atoms with van der Waals surface area (Å²) in [5.41, 5.74) is 2.00. The van der Waals surface area contributed by atoms with E-state index in [9.17, 15) is 0 Å². The van der Waals surface area contributed by atoms with E-state index >= 15 is 0 Å². The van der Waals surface area contributed by atoms with Gasteiger partial charge in [-0.25, -0.2) is 4.98 Å². The smallest absolute Gasteiger partial charge is 0.139 e. The predicted molar refractivity (Wildman–Crippen MR) is 95.4 cm³/mol. The molecule has 132 valence electrons. The minimum Gasteiger partial charge on any atom is -0.464 e. The van der Waals surface area contributed by atoms with E-state index < -0.39 is 0 Å². The highest BCUT2D eigenvalue weighted by atomic mass is 16.5. The molecular weight excluding hydrogens is 318 g/mol. The van der Waals surface area contributed by atoms with Crippen molar-refractivity contribution in [3.63, 3.8) is 0 Å². The van der Waals surface area contributed by atoms with Crippen LogP contribution in [0.4, 0.5) is 5.82 Å². The molecule has 2 atom stereocenters. The van der Waals surface area contributed by atoms with Gasteiger partial charge >= 0.3 is 0 Å². The maximum Gasteiger partial charge on any atom is 0.139 e. The molecule has 0 saturated carbocycles. The second kappa shape index (κ2) is 6.85. The van der Waals surface area contributed by atoms with Crippen molar-refractivity contribution >= 4 is 16.8 Å². The first-order valence-electron chi connectivity index (χ1n) is 8.67. The number of aromatic nitrogens is 3. The van der Waals surface area contributed by atoms with Gasteiger partial charge in [-0.1, -0.05) is 6.92 Å². The highest BCUT2D eigenvalue weighted by Crippen LogP contribution is 2.30. The quantitative estimate of drug-likeness (QED) is 0.769. The van der Waals surface area contributed by atoms with Crippen molar-refractivity contribution in [2.24, 2.45) is 7.05 Å². The van der Waals surface area contributed by atoms with E-state index in [2.05, 4.69) is 33.3 Å². The number of rotatable bonds is 5. The van der Waals surface area contributed by atoms with Crippen LogP contribution in [0.1, 0.15) is 18.7 Å². The lowest BCUT2D eigenvalue weighted by Gasteiger charge is -2.40. The van der Waals surface area contributed by atoms with Gasteiger partial charge in [0, 0.05) is 32.5 Å². The van der Waals surface area contributed by atoms with Crippen LogP contribution in [-0.2, 0) is 11.8 Å². The zero-order valence-electron chi connectivity index (χ0n) is 14.6. The summed E-state index contributed by atoms with van der Waals surface area (Å²) < 4.78 is 13.5. The van der Waals surface area contributed by atoms with Crippen LogP contribution in [-0.4, -0.2) is 52.0 Å². The average molecular weight is 341 g/mol. The van der Waals surface area contributed by atoms with Crippen molar-refractivity contribution in [2.45, 2.75) is 19.1 Å². The van der Waals surface area contributed by atoms with Crippen molar-refractivity contribution in [2.75, 3.05) is 31.6 Å². The number of hydrogen-bond donors (Lipinski definition) is 1. The summed E-state index contributed by atoms with van der Waals surface area (Å²) >= 11 is 0. The summed E-state index contributed by atoms with van der Waals surface area (Å²) in [5.74, 6) is 0.826. The van der Waals surface area contributed by atoms with Gasteiger partial charge in [-0.05, 0) is 24.7 Å². The SMILES string of the molecule is CCN1CCO[C@@H](CNc2nccc3occc23)[C@@H]1c1ccnn1C. The third-order valence-electron chi connectivity index (χ3n) is 4.87. The molecule has 7 heteroatoms. The van der Waals surface area contributed by atoms with E-state index in [0.717, 1.165) is 36.5 Å². The lowest BCUT2D eigenvalue weighted by atomic mass is 10.0. The highest BCUT2D eigenvalue weighted by Gasteiger charge is 2.34. The topological polar surface area (TPSA) is 68.3 Å². The Balaban J connectivity index is 1.57. The summed E-state index contributed by atoms with van der Waals surface area (Å²) in [6, 6.07) is 6.05. The van der Waals surface area contributed by atoms with Crippen LogP contribution >= 0.6 is 0 Å². The molecule has 1 aliphatic rings. The van der Waals surface area contributed by atoms with Crippen LogP contribution in [0.3, 0.4) is 0 Å². The van der Waals surface area contributed by atoms with Crippen molar-refractivity contribution in [3.05, 3.63) is 42.5 Å². The van der Waals surface area contributed by atoms with E-state index in [4.69, 9.17) is 9.15 Å². The van der Waals surface area contributed by atoms with E-state index in [0.29, 0.717) is 6.54 Å². The fourth-order valence-corrected chi connectivity index (χ4v) is 3.60. The number of nitrogens with zero attached hydrogens (tertiary/aromatic N) is 4. The second-order valence-corrected chi connectivity index (χ2v) is 6.24. The van der Waals surface area contributed by atoms with Crippen molar-refractivity contribution in [1.82, 2.24) is 19.7 Å². The first-order chi connectivity index (χ1) is 12.3. The Morgan fingerprint density at radius 3 is 3.00 bits per heavy atom. The molecule has 0 radical (unpaired) electrons. The van der Waals surface area contributed by atoms with Crippen LogP contribution in [0.15, 0.2) is 41.3 Å². The number of likely N-dealkylation sites (N-methyl/N-ethyl adjacent to an activating group) is 1. The van der Waals surface area contributed by atoms with Crippen molar-refractivity contribution in [1.29, 1.82) is 0 Å². The Kier molecular flexibility index (Phi) is 4.42. The maximum absolute atomic E-state index is 6.12. The Labute approximate surface area is 146 Å². The molecule has 4 rings (SSSR count). The molecule has 0 unspecified atom stereocenters. The number of pyridine rings is 1. The Hall–Kier alpha value is -2.38. The normalized spacial score (nSPS) is 21.7. The van der Waals surface area contributed by atoms with Gasteiger partial charge in [0.25, 0.3) is 0 Å². The molecule has 4 heterocycles. The van der Waals surface area contributed by atoms with Gasteiger partial charge in [0.15, 0.2) is 0 Å². The summed E-state index contributed by atoms with van der Waals surface area (Å²) in [6.45, 7) is 5.50. The first-order valence-corrected chi connectivity index (χ1v) is 8.67. The maximum atomic E-state index is 6.12. The number of hydrogen-bond acceptors (Lipinski definition) is 6. The van der Waals surface area contributed by atoms with Crippen molar-refractivity contribution < 1.29 is 9.15 Å². The minimum absolute atomic E-state index is 0.0213. The van der Waals surface area contributed by atoms with Gasteiger partial charge in [0.1, 0.15) is 11.4 Å². The van der Waals surface area contributed by atoms with Crippen LogP contribution in [0.25, 0.3) is 11.0 Å². The number of aryl methyl sites for hydroxylation is 1. The number of furan rings is 1. The summed E-state index contributed by atoms with van der Waals surface area (Å²) in [7, 11) is 1.98. The van der Waals surface area contributed by atoms with Crippen molar-refractivity contribution in [3.8, 4) is 0 Å². The third kappa shape index (κ3) is 3.01. The minimum atomic E-state index is 0.0213. The molecule has 0 spiro atoms. The fourth-order valence-electron chi connectivity index (χ4n) is 3.60. The van der Waals surface area contributed by atoms with Gasteiger partial charge in [0.2, 0.25) is 0 Å². The van der Waals surface area contributed by atoms with E-state index in [1.165, 1.54) is 5.69 Å². The molecule has 25 heavy (non-hydrogen) atoms. The van der Waals surface area contributed by atoms with Gasteiger partial charge in [-0.2, -0.15) is 5.10 Å². The van der Waals surface area contributed by atoms with E-state index in [1.807, 2.05) is 30.1 Å². The predicted octanol–water partition coefficient (Wildman–Crippen LogP) is 2.44. The second-order valence-electron chi connectivity index (χ2n) is 6.24. The molecule has 3 aromatic rings. The van der Waals surface area contributed by atoms with Crippen LogP contribution in [0.5, 0.6) is 0 Å². The molecule has 1 N–H and O–H groups in total. The fraction of sp³-hybridized carbons (Fsp3) is 0.444. The number of fused-ring (bicyclic) bond motifs is 1. The molecule has 0 aliphatic carbocycles. The molecule has 0 bridgehead atoms. The van der Waals surface area contributed by atoms with Gasteiger partial charge < -0.3 is 14.5 Å². The molecule has 0 aromatic carbocycles. The summed E-state index contributed by atoms with van der Waals surface area (Å²) in [4.78, 5) is 6.89. The highest BCUT2D eigenvalue weighted by molar-refractivity contribution is 5.87. The molecule has 0 amide bonds. The molecule has 1 aliphatic heterocycles. The molecule has 1 saturated heterocycles. The van der Waals surface area contributed by atoms with Crippen LogP contribution < -0.4 is 5.32 Å². The zero-order valence-corrected chi connectivity index (χ0v) is 14.6. The van der Waals surface area contributed by atoms with Gasteiger partial charge in [-0.15, -0.1) is 0 Å². The molecule has 7 nitrogen and oxygen atoms in total. The van der Waals surface area contributed by atoms with Gasteiger partial charge in [0.05, 0.1) is 36.1 Å². The Bertz CT molecular complexity index is 843. The summed E-state index contributed by atoms with van der Waals surface area (Å²) in [5, 5.41) is 8.77. The number of nitrogens with one attached hydrogen (secondary N) is 1. The standard InChI is InChI=1S/C18H23N5O2/c1-3-23-9-11-25-16(17(23)14-4-8-21-22(14)2)12-20-18-13-6-10-24-15(13)5-7-19-18/h4-8,10,16-17H,3,9,11-12H2,1-2H3,(H,19,20)/t16-,17-/m0/s1. The average Bonchev–Trinajstić information content (AvgIpc) is 3.28. The summed E-state index contributed by atoms with van der Waals surface area (Å²) in [6.07, 6.45) is 5.31. The first kappa shape index (κ1) is 16.1. The number of anilines is 1. The Morgan fingerprint density at radius 2 is 2.20 bits per heavy atom. The van der Waals surface area contributed by atoms with Crippen LogP contribution in [0.2, 0.25) is 0 Å². The lowest BCUT2D eigenvalue weighted by Crippen LogP contribution is -2.48. The van der Waals surface area contributed by atoms with Crippen LogP contribution in [0, 0.1) is 0 Å². The van der Waals surface area contributed by atoms with E-state index in [1.54, 1.807) is 12.5 Å². The third-order valence-corrected chi connectivity index (χ3v) is 4.87. The van der Waals surface area contributed by atoms with Gasteiger partial charge in [-0.3, -0.25) is 9.58 Å². The number of ether oxygens (including phenoxy) is 1. The van der Waals surface area contributed by atoms with E-state index in [-0.39, 0.29) is 12.1 Å². The largest absolute Gasteiger partial charge is 0.464 e. The molecule has 3 aromatic heterocycles. The molecular formula is C18H23N5O2. The lowest BCUT2D eigenvalue weighted by molar-refractivity contribution is -0.0664. The number of morpholine rings is 1. The molecule has 1 fully saturated rings. The monoisotopic (exact) mass is 341 g/mol. The zero-order chi connectivity index (χ0) is 17.2.